The fraction of sp³-hybridized carbons (Fsp3) is 0.294. The first kappa shape index (κ1) is 13.9. The van der Waals surface area contributed by atoms with Crippen molar-refractivity contribution < 1.29 is 9.84 Å². The molecule has 2 aromatic carbocycles. The van der Waals surface area contributed by atoms with Gasteiger partial charge in [0.05, 0.1) is 13.2 Å². The van der Waals surface area contributed by atoms with Crippen molar-refractivity contribution in [2.75, 3.05) is 36.9 Å². The maximum atomic E-state index is 10.7. The van der Waals surface area contributed by atoms with Crippen LogP contribution in [0.3, 0.4) is 0 Å². The second kappa shape index (κ2) is 6.16. The zero-order valence-corrected chi connectivity index (χ0v) is 11.9. The fourth-order valence-corrected chi connectivity index (χ4v) is 2.70. The predicted molar refractivity (Wildman–Crippen MR) is 84.4 cm³/mol. The molecule has 0 aliphatic carbocycles. The molecule has 2 aromatic rings. The van der Waals surface area contributed by atoms with Crippen molar-refractivity contribution in [1.82, 2.24) is 0 Å². The van der Waals surface area contributed by atoms with Gasteiger partial charge in [0.1, 0.15) is 6.10 Å². The van der Waals surface area contributed by atoms with Crippen LogP contribution < -0.4 is 10.6 Å². The summed E-state index contributed by atoms with van der Waals surface area (Å²) in [4.78, 5) is 2.24. The first-order chi connectivity index (χ1) is 10.3. The molecule has 3 rings (SSSR count). The molecule has 0 saturated carbocycles. The molecule has 21 heavy (non-hydrogen) atoms. The fourth-order valence-electron chi connectivity index (χ4n) is 2.70. The van der Waals surface area contributed by atoms with E-state index in [4.69, 9.17) is 10.5 Å². The van der Waals surface area contributed by atoms with Crippen molar-refractivity contribution >= 4 is 11.4 Å². The van der Waals surface area contributed by atoms with Crippen molar-refractivity contribution in [3.05, 3.63) is 59.7 Å². The van der Waals surface area contributed by atoms with Gasteiger partial charge in [-0.1, -0.05) is 30.3 Å². The van der Waals surface area contributed by atoms with Crippen LogP contribution in [-0.4, -0.2) is 31.4 Å². The van der Waals surface area contributed by atoms with Crippen LogP contribution in [0.5, 0.6) is 0 Å². The molecule has 4 nitrogen and oxygen atoms in total. The van der Waals surface area contributed by atoms with E-state index in [2.05, 4.69) is 4.90 Å². The highest BCUT2D eigenvalue weighted by Gasteiger charge is 2.20. The minimum atomic E-state index is -0.674. The zero-order chi connectivity index (χ0) is 14.7. The number of benzene rings is 2. The van der Waals surface area contributed by atoms with Crippen molar-refractivity contribution in [3.63, 3.8) is 0 Å². The summed E-state index contributed by atoms with van der Waals surface area (Å²) in [5.41, 5.74) is 9.34. The topological polar surface area (TPSA) is 58.7 Å². The van der Waals surface area contributed by atoms with Gasteiger partial charge in [0.25, 0.3) is 0 Å². The number of hydrogen-bond donors (Lipinski definition) is 2. The molecule has 1 unspecified atom stereocenters. The monoisotopic (exact) mass is 284 g/mol. The number of nitrogen functional groups attached to an aromatic ring is 1. The molecule has 0 bridgehead atoms. The maximum absolute atomic E-state index is 10.7. The van der Waals surface area contributed by atoms with Gasteiger partial charge in [-0.2, -0.15) is 0 Å². The Labute approximate surface area is 124 Å². The highest BCUT2D eigenvalue weighted by Crippen LogP contribution is 2.32. The Morgan fingerprint density at radius 3 is 2.48 bits per heavy atom. The van der Waals surface area contributed by atoms with Crippen LogP contribution in [0.25, 0.3) is 0 Å². The van der Waals surface area contributed by atoms with E-state index in [0.29, 0.717) is 18.9 Å². The first-order valence-corrected chi connectivity index (χ1v) is 7.21. The second-order valence-electron chi connectivity index (χ2n) is 5.23. The number of hydrogen-bond acceptors (Lipinski definition) is 4. The standard InChI is InChI=1S/C17H20N2O2/c18-14-6-7-16(19-8-10-21-11-9-19)15(12-14)17(20)13-4-2-1-3-5-13/h1-7,12,17,20H,8-11,18H2. The van der Waals surface area contributed by atoms with Gasteiger partial charge in [-0.05, 0) is 23.8 Å². The Bertz CT molecular complexity index is 595. The zero-order valence-electron chi connectivity index (χ0n) is 11.9. The van der Waals surface area contributed by atoms with Crippen LogP contribution in [0.1, 0.15) is 17.2 Å². The van der Waals surface area contributed by atoms with Gasteiger partial charge >= 0.3 is 0 Å². The highest BCUT2D eigenvalue weighted by atomic mass is 16.5. The molecule has 1 saturated heterocycles. The third-order valence-electron chi connectivity index (χ3n) is 3.81. The Hall–Kier alpha value is -2.04. The van der Waals surface area contributed by atoms with E-state index in [1.165, 1.54) is 0 Å². The van der Waals surface area contributed by atoms with E-state index in [-0.39, 0.29) is 0 Å². The molecule has 3 N–H and O–H groups in total. The third-order valence-corrected chi connectivity index (χ3v) is 3.81. The lowest BCUT2D eigenvalue weighted by Gasteiger charge is -2.31. The van der Waals surface area contributed by atoms with Crippen LogP contribution >= 0.6 is 0 Å². The molecule has 1 atom stereocenters. The van der Waals surface area contributed by atoms with E-state index in [1.54, 1.807) is 0 Å². The summed E-state index contributed by atoms with van der Waals surface area (Å²) in [6.07, 6.45) is -0.674. The summed E-state index contributed by atoms with van der Waals surface area (Å²) in [7, 11) is 0. The van der Waals surface area contributed by atoms with Crippen molar-refractivity contribution in [1.29, 1.82) is 0 Å². The van der Waals surface area contributed by atoms with Crippen molar-refractivity contribution in [2.24, 2.45) is 0 Å². The molecule has 1 aliphatic heterocycles. The largest absolute Gasteiger partial charge is 0.399 e. The Kier molecular flexibility index (Phi) is 4.08. The van der Waals surface area contributed by atoms with E-state index >= 15 is 0 Å². The van der Waals surface area contributed by atoms with E-state index in [9.17, 15) is 5.11 Å². The lowest BCUT2D eigenvalue weighted by molar-refractivity contribution is 0.122. The molecule has 0 amide bonds. The maximum Gasteiger partial charge on any atom is 0.106 e. The number of aliphatic hydroxyl groups excluding tert-OH is 1. The van der Waals surface area contributed by atoms with Gasteiger partial charge in [0, 0.05) is 30.0 Å². The average molecular weight is 284 g/mol. The quantitative estimate of drug-likeness (QED) is 0.848. The third kappa shape index (κ3) is 3.01. The average Bonchev–Trinajstić information content (AvgIpc) is 2.56. The number of anilines is 2. The molecular formula is C17H20N2O2. The van der Waals surface area contributed by atoms with Gasteiger partial charge < -0.3 is 20.5 Å². The smallest absolute Gasteiger partial charge is 0.106 e. The van der Waals surface area contributed by atoms with Crippen LogP contribution in [0, 0.1) is 0 Å². The highest BCUT2D eigenvalue weighted by molar-refractivity contribution is 5.62. The number of nitrogens with two attached hydrogens (primary N) is 1. The van der Waals surface area contributed by atoms with Gasteiger partial charge in [-0.25, -0.2) is 0 Å². The van der Waals surface area contributed by atoms with Gasteiger partial charge in [-0.3, -0.25) is 0 Å². The summed E-state index contributed by atoms with van der Waals surface area (Å²) in [6, 6.07) is 15.4. The van der Waals surface area contributed by atoms with Crippen molar-refractivity contribution in [2.45, 2.75) is 6.10 Å². The molecule has 1 fully saturated rings. The normalized spacial score (nSPS) is 16.7. The predicted octanol–water partition coefficient (Wildman–Crippen LogP) is 2.19. The number of ether oxygens (including phenoxy) is 1. The summed E-state index contributed by atoms with van der Waals surface area (Å²) < 4.78 is 5.40. The Morgan fingerprint density at radius 1 is 1.05 bits per heavy atom. The van der Waals surface area contributed by atoms with Crippen molar-refractivity contribution in [3.8, 4) is 0 Å². The van der Waals surface area contributed by atoms with Gasteiger partial charge in [0.15, 0.2) is 0 Å². The minimum absolute atomic E-state index is 0.664. The van der Waals surface area contributed by atoms with E-state index in [0.717, 1.165) is 29.9 Å². The molecule has 0 radical (unpaired) electrons. The molecule has 4 heteroatoms. The summed E-state index contributed by atoms with van der Waals surface area (Å²) in [5.74, 6) is 0. The summed E-state index contributed by atoms with van der Waals surface area (Å²) >= 11 is 0. The first-order valence-electron chi connectivity index (χ1n) is 7.21. The molecule has 1 heterocycles. The van der Waals surface area contributed by atoms with E-state index in [1.807, 2.05) is 48.5 Å². The molecule has 1 aliphatic rings. The summed E-state index contributed by atoms with van der Waals surface area (Å²) in [6.45, 7) is 3.09. The molecule has 110 valence electrons. The number of morpholine rings is 1. The molecule has 0 spiro atoms. The number of nitrogens with zero attached hydrogens (tertiary/aromatic N) is 1. The van der Waals surface area contributed by atoms with Gasteiger partial charge in [0.2, 0.25) is 0 Å². The van der Waals surface area contributed by atoms with Crippen LogP contribution in [0.15, 0.2) is 48.5 Å². The molecular weight excluding hydrogens is 264 g/mol. The van der Waals surface area contributed by atoms with Crippen LogP contribution in [0.4, 0.5) is 11.4 Å². The van der Waals surface area contributed by atoms with Crippen LogP contribution in [-0.2, 0) is 4.74 Å². The second-order valence-corrected chi connectivity index (χ2v) is 5.23. The number of aliphatic hydroxyl groups is 1. The minimum Gasteiger partial charge on any atom is -0.399 e. The Balaban J connectivity index is 1.98. The SMILES string of the molecule is Nc1ccc(N2CCOCC2)c(C(O)c2ccccc2)c1. The Morgan fingerprint density at radius 2 is 1.76 bits per heavy atom. The lowest BCUT2D eigenvalue weighted by atomic mass is 9.98. The molecule has 0 aromatic heterocycles. The van der Waals surface area contributed by atoms with Gasteiger partial charge in [-0.15, -0.1) is 0 Å². The number of rotatable bonds is 3. The van der Waals surface area contributed by atoms with E-state index < -0.39 is 6.10 Å². The lowest BCUT2D eigenvalue weighted by Crippen LogP contribution is -2.37. The van der Waals surface area contributed by atoms with Crippen LogP contribution in [0.2, 0.25) is 0 Å². The summed E-state index contributed by atoms with van der Waals surface area (Å²) in [5, 5.41) is 10.7.